The summed E-state index contributed by atoms with van der Waals surface area (Å²) >= 11 is 0. The first-order chi connectivity index (χ1) is 15.0. The molecule has 10 nitrogen and oxygen atoms in total. The van der Waals surface area contributed by atoms with Gasteiger partial charge in [0.05, 0.1) is 16.8 Å². The van der Waals surface area contributed by atoms with Crippen LogP contribution in [0.1, 0.15) is 6.42 Å². The SMILES string of the molecule is CN=C(NCCNc1ccccc1[N+](=O)[O-])NCCN1C(=O)C2C3C=CC(C3)C2C1=O. The van der Waals surface area contributed by atoms with Crippen LogP contribution in [0.5, 0.6) is 0 Å². The number of hydrogen-bond donors (Lipinski definition) is 3. The number of carbonyl (C=O) groups is 2. The van der Waals surface area contributed by atoms with E-state index in [0.29, 0.717) is 37.8 Å². The van der Waals surface area contributed by atoms with Crippen molar-refractivity contribution in [1.82, 2.24) is 15.5 Å². The van der Waals surface area contributed by atoms with Crippen molar-refractivity contribution in [3.8, 4) is 0 Å². The van der Waals surface area contributed by atoms with E-state index in [9.17, 15) is 19.7 Å². The molecule has 1 aliphatic heterocycles. The number of guanidine groups is 1. The van der Waals surface area contributed by atoms with Crippen molar-refractivity contribution in [3.63, 3.8) is 0 Å². The van der Waals surface area contributed by atoms with Gasteiger partial charge in [-0.3, -0.25) is 29.6 Å². The first-order valence-corrected chi connectivity index (χ1v) is 10.5. The number of likely N-dealkylation sites (tertiary alicyclic amines) is 1. The highest BCUT2D eigenvalue weighted by Crippen LogP contribution is 2.52. The van der Waals surface area contributed by atoms with Gasteiger partial charge in [-0.15, -0.1) is 0 Å². The summed E-state index contributed by atoms with van der Waals surface area (Å²) in [4.78, 5) is 41.5. The zero-order valence-electron chi connectivity index (χ0n) is 17.3. The summed E-state index contributed by atoms with van der Waals surface area (Å²) in [6, 6.07) is 6.47. The molecule has 2 bridgehead atoms. The maximum Gasteiger partial charge on any atom is 0.292 e. The molecular weight excluding hydrogens is 400 g/mol. The van der Waals surface area contributed by atoms with E-state index < -0.39 is 4.92 Å². The first-order valence-electron chi connectivity index (χ1n) is 10.5. The lowest BCUT2D eigenvalue weighted by molar-refractivity contribution is -0.384. The summed E-state index contributed by atoms with van der Waals surface area (Å²) in [6.45, 7) is 1.64. The fourth-order valence-electron chi connectivity index (χ4n) is 4.85. The topological polar surface area (TPSA) is 129 Å². The number of nitro benzene ring substituents is 1. The molecule has 164 valence electrons. The molecular formula is C21H26N6O4. The van der Waals surface area contributed by atoms with Crippen molar-refractivity contribution in [3.05, 3.63) is 46.5 Å². The van der Waals surface area contributed by atoms with Gasteiger partial charge in [-0.1, -0.05) is 24.3 Å². The Bertz CT molecular complexity index is 916. The van der Waals surface area contributed by atoms with Crippen molar-refractivity contribution in [2.75, 3.05) is 38.5 Å². The average Bonchev–Trinajstić information content (AvgIpc) is 3.45. The number of imide groups is 1. The molecule has 2 fully saturated rings. The number of anilines is 1. The standard InChI is InChI=1S/C21H26N6O4/c1-22-21(24-9-8-23-15-4-2-3-5-16(15)27(30)31)25-10-11-26-19(28)17-13-6-7-14(12-13)18(17)20(26)29/h2-7,13-14,17-18,23H,8-12H2,1H3,(H2,22,24,25). The number of rotatable bonds is 8. The molecule has 3 aliphatic rings. The number of amides is 2. The Labute approximate surface area is 179 Å². The molecule has 4 unspecified atom stereocenters. The number of benzene rings is 1. The predicted molar refractivity (Wildman–Crippen MR) is 115 cm³/mol. The Morgan fingerprint density at radius 1 is 1.10 bits per heavy atom. The second-order valence-corrected chi connectivity index (χ2v) is 7.95. The second kappa shape index (κ2) is 8.75. The fraction of sp³-hybridized carbons (Fsp3) is 0.476. The average molecular weight is 426 g/mol. The minimum atomic E-state index is -0.424. The van der Waals surface area contributed by atoms with Gasteiger partial charge in [-0.05, 0) is 24.3 Å². The minimum absolute atomic E-state index is 0.0263. The van der Waals surface area contributed by atoms with Crippen molar-refractivity contribution in [2.45, 2.75) is 6.42 Å². The number of fused-ring (bicyclic) bond motifs is 5. The number of nitrogens with one attached hydrogen (secondary N) is 3. The fourth-order valence-corrected chi connectivity index (χ4v) is 4.85. The van der Waals surface area contributed by atoms with Crippen LogP contribution in [-0.4, -0.2) is 60.8 Å². The summed E-state index contributed by atoms with van der Waals surface area (Å²) in [5, 5.41) is 20.3. The van der Waals surface area contributed by atoms with E-state index in [-0.39, 0.29) is 41.2 Å². The number of carbonyl (C=O) groups excluding carboxylic acids is 2. The van der Waals surface area contributed by atoms with E-state index in [0.717, 1.165) is 6.42 Å². The molecule has 2 aliphatic carbocycles. The molecule has 3 N–H and O–H groups in total. The summed E-state index contributed by atoms with van der Waals surface area (Å²) < 4.78 is 0. The van der Waals surface area contributed by atoms with Gasteiger partial charge in [0.2, 0.25) is 11.8 Å². The number of nitrogens with zero attached hydrogens (tertiary/aromatic N) is 3. The highest BCUT2D eigenvalue weighted by molar-refractivity contribution is 6.06. The molecule has 31 heavy (non-hydrogen) atoms. The van der Waals surface area contributed by atoms with Crippen LogP contribution in [0.3, 0.4) is 0 Å². The Hall–Kier alpha value is -3.43. The van der Waals surface area contributed by atoms with Gasteiger partial charge < -0.3 is 16.0 Å². The van der Waals surface area contributed by atoms with Crippen molar-refractivity contribution >= 4 is 29.1 Å². The molecule has 1 saturated carbocycles. The van der Waals surface area contributed by atoms with Crippen LogP contribution in [0, 0.1) is 33.8 Å². The molecule has 1 aromatic carbocycles. The molecule has 0 spiro atoms. The number of allylic oxidation sites excluding steroid dienone is 2. The summed E-state index contributed by atoms with van der Waals surface area (Å²) in [5.41, 5.74) is 0.482. The highest BCUT2D eigenvalue weighted by Gasteiger charge is 2.58. The van der Waals surface area contributed by atoms with Gasteiger partial charge in [0.1, 0.15) is 5.69 Å². The van der Waals surface area contributed by atoms with E-state index in [2.05, 4.69) is 33.1 Å². The van der Waals surface area contributed by atoms with E-state index in [1.165, 1.54) is 11.0 Å². The molecule has 4 rings (SSSR count). The summed E-state index contributed by atoms with van der Waals surface area (Å²) in [7, 11) is 1.63. The van der Waals surface area contributed by atoms with E-state index in [4.69, 9.17) is 0 Å². The van der Waals surface area contributed by atoms with E-state index in [1.54, 1.807) is 25.2 Å². The Balaban J connectivity index is 1.20. The molecule has 10 heteroatoms. The minimum Gasteiger partial charge on any atom is -0.378 e. The second-order valence-electron chi connectivity index (χ2n) is 7.95. The Kier molecular flexibility index (Phi) is 5.88. The third-order valence-electron chi connectivity index (χ3n) is 6.25. The van der Waals surface area contributed by atoms with Gasteiger partial charge in [-0.25, -0.2) is 0 Å². The van der Waals surface area contributed by atoms with Crippen LogP contribution >= 0.6 is 0 Å². The van der Waals surface area contributed by atoms with Crippen LogP contribution in [0.2, 0.25) is 0 Å². The zero-order chi connectivity index (χ0) is 22.0. The molecule has 1 heterocycles. The predicted octanol–water partition coefficient (Wildman–Crippen LogP) is 0.979. The molecule has 0 aromatic heterocycles. The van der Waals surface area contributed by atoms with Crippen molar-refractivity contribution in [2.24, 2.45) is 28.7 Å². The Morgan fingerprint density at radius 2 is 1.74 bits per heavy atom. The van der Waals surface area contributed by atoms with E-state index >= 15 is 0 Å². The van der Waals surface area contributed by atoms with Crippen molar-refractivity contribution < 1.29 is 14.5 Å². The monoisotopic (exact) mass is 426 g/mol. The Morgan fingerprint density at radius 3 is 2.39 bits per heavy atom. The lowest BCUT2D eigenvalue weighted by Gasteiger charge is -2.18. The quantitative estimate of drug-likeness (QED) is 0.107. The summed E-state index contributed by atoms with van der Waals surface area (Å²) in [5.74, 6) is 0.514. The van der Waals surface area contributed by atoms with Crippen LogP contribution in [-0.2, 0) is 9.59 Å². The smallest absolute Gasteiger partial charge is 0.292 e. The maximum absolute atomic E-state index is 12.7. The van der Waals surface area contributed by atoms with Gasteiger partial charge in [0.25, 0.3) is 5.69 Å². The molecule has 1 aromatic rings. The van der Waals surface area contributed by atoms with Crippen LogP contribution in [0.25, 0.3) is 0 Å². The maximum atomic E-state index is 12.7. The molecule has 1 saturated heterocycles. The third kappa shape index (κ3) is 3.97. The van der Waals surface area contributed by atoms with Gasteiger partial charge in [0.15, 0.2) is 5.96 Å². The number of para-hydroxylation sites is 2. The van der Waals surface area contributed by atoms with Crippen LogP contribution in [0.4, 0.5) is 11.4 Å². The lowest BCUT2D eigenvalue weighted by Crippen LogP contribution is -2.44. The van der Waals surface area contributed by atoms with Gasteiger partial charge >= 0.3 is 0 Å². The highest BCUT2D eigenvalue weighted by atomic mass is 16.6. The number of nitro groups is 1. The first kappa shape index (κ1) is 20.8. The van der Waals surface area contributed by atoms with E-state index in [1.807, 2.05) is 0 Å². The number of hydrogen-bond acceptors (Lipinski definition) is 6. The van der Waals surface area contributed by atoms with Crippen molar-refractivity contribution in [1.29, 1.82) is 0 Å². The molecule has 0 radical (unpaired) electrons. The lowest BCUT2D eigenvalue weighted by atomic mass is 9.85. The number of aliphatic imine (C=N–C) groups is 1. The zero-order valence-corrected chi connectivity index (χ0v) is 17.3. The third-order valence-corrected chi connectivity index (χ3v) is 6.25. The summed E-state index contributed by atoms with van der Waals surface area (Å²) in [6.07, 6.45) is 5.10. The molecule has 2 amide bonds. The van der Waals surface area contributed by atoms with Crippen LogP contribution < -0.4 is 16.0 Å². The molecule has 4 atom stereocenters. The van der Waals surface area contributed by atoms with Crippen LogP contribution in [0.15, 0.2) is 41.4 Å². The van der Waals surface area contributed by atoms with Gasteiger partial charge in [-0.2, -0.15) is 0 Å². The largest absolute Gasteiger partial charge is 0.378 e. The van der Waals surface area contributed by atoms with Gasteiger partial charge in [0, 0.05) is 39.3 Å². The normalized spacial score (nSPS) is 26.4.